The number of halogens is 4. The minimum absolute atomic E-state index is 0.0619. The number of rotatable bonds is 14. The number of ether oxygens (including phenoxy) is 3. The number of hydrogen-bond donors (Lipinski definition) is 3. The third-order valence-electron chi connectivity index (χ3n) is 11.1. The predicted octanol–water partition coefficient (Wildman–Crippen LogP) is 7.38. The van der Waals surface area contributed by atoms with Crippen LogP contribution in [0.5, 0.6) is 17.6 Å². The minimum atomic E-state index is -4.84. The zero-order chi connectivity index (χ0) is 41.1. The van der Waals surface area contributed by atoms with Crippen LogP contribution in [0, 0.1) is 12.3 Å². The molecule has 0 spiro atoms. The largest absolute Gasteiger partial charge is 0.481 e. The molecule has 7 rings (SSSR count). The normalized spacial score (nSPS) is 20.4. The summed E-state index contributed by atoms with van der Waals surface area (Å²) in [5, 5.41) is 16.6. The first-order valence-electron chi connectivity index (χ1n) is 19.1. The smallest absolute Gasteiger partial charge is 0.421 e. The Balaban J connectivity index is 1.14. The van der Waals surface area contributed by atoms with E-state index in [1.165, 1.54) is 7.11 Å². The maximum Gasteiger partial charge on any atom is 0.421 e. The van der Waals surface area contributed by atoms with E-state index < -0.39 is 35.7 Å². The van der Waals surface area contributed by atoms with E-state index in [9.17, 15) is 27.9 Å². The third kappa shape index (κ3) is 8.43. The lowest BCUT2D eigenvalue weighted by Gasteiger charge is -2.28. The summed E-state index contributed by atoms with van der Waals surface area (Å²) in [6.45, 7) is 0.971. The van der Waals surface area contributed by atoms with Gasteiger partial charge >= 0.3 is 12.1 Å². The molecule has 3 N–H and O–H groups in total. The lowest BCUT2D eigenvalue weighted by Crippen LogP contribution is -2.40. The SMILES string of the molecule is C#CC[C@H]1CC[C@@H](C(=O)O)N1Cc1cc(C(F)(F)F)c(O[C@H]2CCc3c(-c4cccc(-c5ccc(CNC[C@@H]6CCC(=O)N6)c(OC)n5)c4Cl)cccc32)nc1OC. The number of aliphatic carboxylic acids is 1. The van der Waals surface area contributed by atoms with Gasteiger partial charge in [0.2, 0.25) is 23.5 Å². The van der Waals surface area contributed by atoms with Crippen LogP contribution in [-0.2, 0) is 35.3 Å². The number of nitrogens with one attached hydrogen (secondary N) is 2. The topological polar surface area (TPSA) is 135 Å². The van der Waals surface area contributed by atoms with E-state index in [4.69, 9.17) is 37.2 Å². The quantitative estimate of drug-likeness (QED) is 0.111. The van der Waals surface area contributed by atoms with Gasteiger partial charge in [0.15, 0.2) is 0 Å². The second-order valence-corrected chi connectivity index (χ2v) is 15.0. The number of likely N-dealkylation sites (tertiary alicyclic amines) is 1. The number of carbonyl (C=O) groups excluding carboxylic acids is 1. The van der Waals surface area contributed by atoms with Gasteiger partial charge in [0.05, 0.1) is 24.9 Å². The van der Waals surface area contributed by atoms with E-state index in [0.29, 0.717) is 72.9 Å². The van der Waals surface area contributed by atoms with E-state index in [0.717, 1.165) is 34.7 Å². The molecule has 2 saturated heterocycles. The van der Waals surface area contributed by atoms with Crippen molar-refractivity contribution >= 4 is 23.5 Å². The number of hydrogen-bond acceptors (Lipinski definition) is 9. The Morgan fingerprint density at radius 2 is 1.72 bits per heavy atom. The first-order chi connectivity index (χ1) is 27.9. The van der Waals surface area contributed by atoms with Crippen molar-refractivity contribution in [3.8, 4) is 52.4 Å². The molecule has 1 amide bonds. The number of nitrogens with zero attached hydrogens (tertiary/aromatic N) is 3. The average Bonchev–Trinajstić information content (AvgIpc) is 3.93. The molecule has 4 atom stereocenters. The zero-order valence-electron chi connectivity index (χ0n) is 32.0. The van der Waals surface area contributed by atoms with Gasteiger partial charge in [0.25, 0.3) is 0 Å². The van der Waals surface area contributed by atoms with Crippen molar-refractivity contribution in [2.24, 2.45) is 0 Å². The Kier molecular flexibility index (Phi) is 12.1. The van der Waals surface area contributed by atoms with Crippen LogP contribution >= 0.6 is 11.6 Å². The van der Waals surface area contributed by atoms with E-state index in [1.54, 1.807) is 12.0 Å². The summed E-state index contributed by atoms with van der Waals surface area (Å²) in [6, 6.07) is 14.8. The Morgan fingerprint density at radius 1 is 0.983 bits per heavy atom. The van der Waals surface area contributed by atoms with Gasteiger partial charge in [-0.25, -0.2) is 4.98 Å². The number of pyridine rings is 2. The molecular weight excluding hydrogens is 775 g/mol. The number of carbonyl (C=O) groups is 2. The Bertz CT molecular complexity index is 2250. The molecule has 4 aromatic rings. The van der Waals surface area contributed by atoms with Crippen LogP contribution in [0.15, 0.2) is 54.6 Å². The summed E-state index contributed by atoms with van der Waals surface area (Å²) in [5.74, 6) is 1.25. The van der Waals surface area contributed by atoms with Crippen molar-refractivity contribution in [1.82, 2.24) is 25.5 Å². The predicted molar refractivity (Wildman–Crippen MR) is 210 cm³/mol. The molecule has 304 valence electrons. The second kappa shape index (κ2) is 17.2. The van der Waals surface area contributed by atoms with Gasteiger partial charge < -0.3 is 30.0 Å². The number of methoxy groups -OCH3 is 2. The third-order valence-corrected chi connectivity index (χ3v) is 11.5. The zero-order valence-corrected chi connectivity index (χ0v) is 32.8. The van der Waals surface area contributed by atoms with Crippen molar-refractivity contribution in [2.75, 3.05) is 20.8 Å². The highest BCUT2D eigenvalue weighted by molar-refractivity contribution is 6.36. The van der Waals surface area contributed by atoms with Gasteiger partial charge in [0, 0.05) is 66.8 Å². The molecule has 4 heterocycles. The molecule has 2 aromatic carbocycles. The number of amides is 1. The molecule has 3 aliphatic rings. The first kappa shape index (κ1) is 40.8. The summed E-state index contributed by atoms with van der Waals surface area (Å²) < 4.78 is 61.4. The van der Waals surface area contributed by atoms with Gasteiger partial charge in [-0.05, 0) is 60.9 Å². The van der Waals surface area contributed by atoms with Gasteiger partial charge in [-0.1, -0.05) is 54.1 Å². The fraction of sp³-hybridized carbons (Fsp3) is 0.395. The van der Waals surface area contributed by atoms with Crippen LogP contribution in [0.1, 0.15) is 72.4 Å². The van der Waals surface area contributed by atoms with Gasteiger partial charge in [-0.15, -0.1) is 12.3 Å². The molecule has 15 heteroatoms. The molecule has 11 nitrogen and oxygen atoms in total. The number of benzene rings is 2. The fourth-order valence-electron chi connectivity index (χ4n) is 8.30. The molecular formula is C43H43ClF3N5O6. The fourth-order valence-corrected chi connectivity index (χ4v) is 8.63. The molecule has 0 radical (unpaired) electrons. The summed E-state index contributed by atoms with van der Waals surface area (Å²) in [4.78, 5) is 34.2. The summed E-state index contributed by atoms with van der Waals surface area (Å²) in [5.41, 5.74) is 4.26. The monoisotopic (exact) mass is 817 g/mol. The molecule has 0 unspecified atom stereocenters. The molecule has 0 saturated carbocycles. The number of aromatic nitrogens is 2. The van der Waals surface area contributed by atoms with Crippen LogP contribution in [0.25, 0.3) is 22.4 Å². The number of alkyl halides is 3. The van der Waals surface area contributed by atoms with Crippen LogP contribution in [-0.4, -0.2) is 70.7 Å². The van der Waals surface area contributed by atoms with Crippen molar-refractivity contribution in [2.45, 2.75) is 88.4 Å². The Hall–Kier alpha value is -5.36. The van der Waals surface area contributed by atoms with Crippen LogP contribution in [0.4, 0.5) is 13.2 Å². The summed E-state index contributed by atoms with van der Waals surface area (Å²) in [7, 11) is 2.85. The number of terminal acetylenes is 1. The van der Waals surface area contributed by atoms with Crippen LogP contribution in [0.3, 0.4) is 0 Å². The van der Waals surface area contributed by atoms with E-state index in [1.807, 2.05) is 48.5 Å². The van der Waals surface area contributed by atoms with Gasteiger partial charge in [-0.3, -0.25) is 14.5 Å². The number of fused-ring (bicyclic) bond motifs is 1. The summed E-state index contributed by atoms with van der Waals surface area (Å²) >= 11 is 7.13. The Morgan fingerprint density at radius 3 is 2.43 bits per heavy atom. The maximum absolute atomic E-state index is 14.7. The van der Waals surface area contributed by atoms with Crippen molar-refractivity contribution < 1.29 is 42.1 Å². The molecule has 2 fully saturated rings. The van der Waals surface area contributed by atoms with E-state index >= 15 is 0 Å². The lowest BCUT2D eigenvalue weighted by molar-refractivity contribution is -0.143. The molecule has 0 bridgehead atoms. The standard InChI is InChI=1S/C43H43ClF3N5O6/c1-4-7-27-14-17-35(42(54)55)52(27)23-25-20-33(43(45,46)47)41(51-40(25)57-3)58-36-18-15-29-28(8-5-9-30(29)36)31-10-6-11-32(38(31)44)34-16-12-24(39(50-34)56-2)21-48-22-26-13-19-37(53)49-26/h1,5-6,8-12,16,20,26-27,35-36,48H,7,13-15,17-19,21-23H2,2-3H3,(H,49,53)(H,54,55)/t26-,27-,35-,36-/m0/s1. The lowest BCUT2D eigenvalue weighted by atomic mass is 9.94. The van der Waals surface area contributed by atoms with Gasteiger partial charge in [-0.2, -0.15) is 18.2 Å². The van der Waals surface area contributed by atoms with Crippen LogP contribution in [0.2, 0.25) is 5.02 Å². The first-order valence-corrected chi connectivity index (χ1v) is 19.5. The second-order valence-electron chi connectivity index (χ2n) is 14.7. The highest BCUT2D eigenvalue weighted by Gasteiger charge is 2.41. The molecule has 2 aliphatic heterocycles. The van der Waals surface area contributed by atoms with E-state index in [2.05, 4.69) is 21.5 Å². The van der Waals surface area contributed by atoms with Crippen LogP contribution < -0.4 is 24.8 Å². The highest BCUT2D eigenvalue weighted by atomic mass is 35.5. The minimum Gasteiger partial charge on any atom is -0.481 e. The Labute approximate surface area is 339 Å². The average molecular weight is 818 g/mol. The number of carboxylic acid groups (broad SMARTS) is 1. The van der Waals surface area contributed by atoms with E-state index in [-0.39, 0.29) is 42.4 Å². The van der Waals surface area contributed by atoms with Crippen molar-refractivity contribution in [3.63, 3.8) is 0 Å². The maximum atomic E-state index is 14.7. The number of carboxylic acids is 1. The molecule has 2 aromatic heterocycles. The molecule has 1 aliphatic carbocycles. The van der Waals surface area contributed by atoms with Gasteiger partial charge in [0.1, 0.15) is 17.7 Å². The molecule has 58 heavy (non-hydrogen) atoms. The van der Waals surface area contributed by atoms with Crippen molar-refractivity contribution in [1.29, 1.82) is 0 Å². The highest BCUT2D eigenvalue weighted by Crippen LogP contribution is 2.46. The summed E-state index contributed by atoms with van der Waals surface area (Å²) in [6.07, 6.45) is 3.24. The van der Waals surface area contributed by atoms with Crippen molar-refractivity contribution in [3.05, 3.63) is 87.4 Å².